The van der Waals surface area contributed by atoms with Gasteiger partial charge in [-0.1, -0.05) is 42.5 Å². The quantitative estimate of drug-likeness (QED) is 0.728. The Bertz CT molecular complexity index is 945. The van der Waals surface area contributed by atoms with Crippen molar-refractivity contribution in [3.8, 4) is 0 Å². The molecule has 2 aliphatic rings. The smallest absolute Gasteiger partial charge is 0.314 e. The summed E-state index contributed by atoms with van der Waals surface area (Å²) in [6, 6.07) is 15.4. The number of benzene rings is 2. The molecule has 4 rings (SSSR count). The number of rotatable bonds is 2. The summed E-state index contributed by atoms with van der Waals surface area (Å²) in [6.07, 6.45) is -0.500. The number of nitrogens with zero attached hydrogens (tertiary/aromatic N) is 2. The predicted molar refractivity (Wildman–Crippen MR) is 105 cm³/mol. The SMILES string of the molecule is COC(=O)[C@H]1[C@@H](c2ccccc2)ON2CCC(=O)c3ccccc3N(C)C(=O)[C@H]12. The summed E-state index contributed by atoms with van der Waals surface area (Å²) in [7, 11) is 2.91. The fourth-order valence-electron chi connectivity index (χ4n) is 4.06. The van der Waals surface area contributed by atoms with Crippen LogP contribution < -0.4 is 4.90 Å². The highest BCUT2D eigenvalue weighted by molar-refractivity contribution is 6.08. The van der Waals surface area contributed by atoms with Crippen LogP contribution in [-0.2, 0) is 19.2 Å². The first kappa shape index (κ1) is 19.3. The first-order valence-electron chi connectivity index (χ1n) is 9.49. The number of Topliss-reactive ketones (excluding diaryl/α,β-unsaturated/α-hetero) is 1. The largest absolute Gasteiger partial charge is 0.469 e. The number of carbonyl (C=O) groups is 3. The number of para-hydroxylation sites is 1. The number of likely N-dealkylation sites (N-methyl/N-ethyl adjacent to an activating group) is 1. The molecule has 0 saturated carbocycles. The van der Waals surface area contributed by atoms with E-state index in [0.717, 1.165) is 5.56 Å². The Morgan fingerprint density at radius 2 is 1.76 bits per heavy atom. The van der Waals surface area contributed by atoms with Crippen LogP contribution >= 0.6 is 0 Å². The Kier molecular flexibility index (Phi) is 5.17. The number of fused-ring (bicyclic) bond motifs is 2. The average Bonchev–Trinajstić information content (AvgIpc) is 3.16. The second-order valence-electron chi connectivity index (χ2n) is 7.16. The molecule has 1 fully saturated rings. The fraction of sp³-hybridized carbons (Fsp3) is 0.318. The van der Waals surface area contributed by atoms with E-state index < -0.39 is 24.0 Å². The minimum absolute atomic E-state index is 0.0812. The average molecular weight is 394 g/mol. The molecule has 150 valence electrons. The molecule has 2 aromatic carbocycles. The Hall–Kier alpha value is -3.03. The van der Waals surface area contributed by atoms with Gasteiger partial charge in [0.15, 0.2) is 5.78 Å². The van der Waals surface area contributed by atoms with Crippen molar-refractivity contribution in [1.82, 2.24) is 5.06 Å². The summed E-state index contributed by atoms with van der Waals surface area (Å²) in [5, 5.41) is 1.47. The highest BCUT2D eigenvalue weighted by Gasteiger charge is 2.53. The molecule has 0 N–H and O–H groups in total. The van der Waals surface area contributed by atoms with Crippen molar-refractivity contribution in [2.75, 3.05) is 25.6 Å². The second-order valence-corrected chi connectivity index (χ2v) is 7.16. The third kappa shape index (κ3) is 3.32. The third-order valence-electron chi connectivity index (χ3n) is 5.54. The number of hydrogen-bond acceptors (Lipinski definition) is 6. The lowest BCUT2D eigenvalue weighted by molar-refractivity contribution is -0.169. The number of ether oxygens (including phenoxy) is 1. The van der Waals surface area contributed by atoms with E-state index >= 15 is 0 Å². The van der Waals surface area contributed by atoms with E-state index in [2.05, 4.69) is 0 Å². The molecular formula is C22H22N2O5. The minimum atomic E-state index is -0.892. The summed E-state index contributed by atoms with van der Waals surface area (Å²) in [5.74, 6) is -1.77. The lowest BCUT2D eigenvalue weighted by Gasteiger charge is -2.27. The van der Waals surface area contributed by atoms with E-state index in [9.17, 15) is 14.4 Å². The monoisotopic (exact) mass is 394 g/mol. The van der Waals surface area contributed by atoms with Gasteiger partial charge in [0.25, 0.3) is 0 Å². The number of carbonyl (C=O) groups excluding carboxylic acids is 3. The highest BCUT2D eigenvalue weighted by Crippen LogP contribution is 2.41. The van der Waals surface area contributed by atoms with Crippen LogP contribution in [0.5, 0.6) is 0 Å². The van der Waals surface area contributed by atoms with E-state index in [-0.39, 0.29) is 24.7 Å². The van der Waals surface area contributed by atoms with Gasteiger partial charge in [0, 0.05) is 25.6 Å². The van der Waals surface area contributed by atoms with Crippen molar-refractivity contribution in [3.05, 3.63) is 65.7 Å². The molecule has 0 bridgehead atoms. The van der Waals surface area contributed by atoms with Gasteiger partial charge >= 0.3 is 5.97 Å². The van der Waals surface area contributed by atoms with Crippen molar-refractivity contribution in [2.45, 2.75) is 18.6 Å². The molecule has 7 heteroatoms. The van der Waals surface area contributed by atoms with Crippen LogP contribution in [0.3, 0.4) is 0 Å². The van der Waals surface area contributed by atoms with Crippen molar-refractivity contribution in [2.24, 2.45) is 5.92 Å². The van der Waals surface area contributed by atoms with Gasteiger partial charge in [-0.05, 0) is 17.7 Å². The molecule has 0 unspecified atom stereocenters. The second kappa shape index (κ2) is 7.77. The number of amides is 1. The minimum Gasteiger partial charge on any atom is -0.469 e. The van der Waals surface area contributed by atoms with Crippen molar-refractivity contribution in [3.63, 3.8) is 0 Å². The van der Waals surface area contributed by atoms with E-state index in [4.69, 9.17) is 9.57 Å². The number of ketones is 1. The van der Waals surface area contributed by atoms with Gasteiger partial charge in [0.05, 0.1) is 12.8 Å². The third-order valence-corrected chi connectivity index (χ3v) is 5.54. The van der Waals surface area contributed by atoms with E-state index in [1.54, 1.807) is 31.3 Å². The first-order valence-corrected chi connectivity index (χ1v) is 9.49. The van der Waals surface area contributed by atoms with Gasteiger partial charge < -0.3 is 9.64 Å². The van der Waals surface area contributed by atoms with Gasteiger partial charge in [-0.3, -0.25) is 19.2 Å². The standard InChI is InChI=1S/C22H22N2O5/c1-23-16-11-7-6-10-15(16)17(25)12-13-24-19(21(23)26)18(22(27)28-2)20(29-24)14-8-4-3-5-9-14/h3-11,18-20H,12-13H2,1-2H3/t18-,19+,20-/m1/s1. The lowest BCUT2D eigenvalue weighted by Crippen LogP contribution is -2.49. The number of esters is 1. The maximum Gasteiger partial charge on any atom is 0.314 e. The molecule has 2 aliphatic heterocycles. The maximum atomic E-state index is 13.5. The fourth-order valence-corrected chi connectivity index (χ4v) is 4.06. The first-order chi connectivity index (χ1) is 14.0. The summed E-state index contributed by atoms with van der Waals surface area (Å²) in [5.41, 5.74) is 1.78. The molecular weight excluding hydrogens is 372 g/mol. The molecule has 0 radical (unpaired) electrons. The summed E-state index contributed by atoms with van der Waals surface area (Å²) in [6.45, 7) is 0.203. The van der Waals surface area contributed by atoms with E-state index in [0.29, 0.717) is 11.3 Å². The summed E-state index contributed by atoms with van der Waals surface area (Å²) in [4.78, 5) is 46.5. The molecule has 0 spiro atoms. The Morgan fingerprint density at radius 3 is 2.48 bits per heavy atom. The Labute approximate surface area is 168 Å². The van der Waals surface area contributed by atoms with Crippen LogP contribution in [-0.4, -0.2) is 49.5 Å². The van der Waals surface area contributed by atoms with Crippen LogP contribution in [0.4, 0.5) is 5.69 Å². The molecule has 29 heavy (non-hydrogen) atoms. The van der Waals surface area contributed by atoms with Crippen LogP contribution in [0.1, 0.15) is 28.4 Å². The van der Waals surface area contributed by atoms with Crippen molar-refractivity contribution >= 4 is 23.3 Å². The van der Waals surface area contributed by atoms with E-state index in [1.807, 2.05) is 30.3 Å². The Balaban J connectivity index is 1.79. The van der Waals surface area contributed by atoms with Gasteiger partial charge in [0.2, 0.25) is 5.91 Å². The predicted octanol–water partition coefficient (Wildman–Crippen LogP) is 2.38. The topological polar surface area (TPSA) is 76.2 Å². The normalized spacial score (nSPS) is 24.9. The maximum absolute atomic E-state index is 13.5. The zero-order valence-electron chi connectivity index (χ0n) is 16.3. The molecule has 2 aromatic rings. The van der Waals surface area contributed by atoms with Gasteiger partial charge in [-0.2, -0.15) is 5.06 Å². The van der Waals surface area contributed by atoms with Crippen LogP contribution in [0, 0.1) is 5.92 Å². The van der Waals surface area contributed by atoms with Gasteiger partial charge in [0.1, 0.15) is 18.1 Å². The van der Waals surface area contributed by atoms with Crippen LogP contribution in [0.15, 0.2) is 54.6 Å². The zero-order valence-corrected chi connectivity index (χ0v) is 16.3. The van der Waals surface area contributed by atoms with Crippen molar-refractivity contribution in [1.29, 1.82) is 0 Å². The molecule has 0 aromatic heterocycles. The van der Waals surface area contributed by atoms with Crippen LogP contribution in [0.2, 0.25) is 0 Å². The molecule has 3 atom stereocenters. The van der Waals surface area contributed by atoms with Gasteiger partial charge in [-0.15, -0.1) is 0 Å². The number of hydroxylamine groups is 2. The molecule has 1 amide bonds. The molecule has 0 aliphatic carbocycles. The number of methoxy groups -OCH3 is 1. The molecule has 1 saturated heterocycles. The zero-order chi connectivity index (χ0) is 20.5. The van der Waals surface area contributed by atoms with Crippen molar-refractivity contribution < 1.29 is 24.0 Å². The van der Waals surface area contributed by atoms with E-state index in [1.165, 1.54) is 17.1 Å². The van der Waals surface area contributed by atoms with Crippen LogP contribution in [0.25, 0.3) is 0 Å². The highest BCUT2D eigenvalue weighted by atomic mass is 16.7. The Morgan fingerprint density at radius 1 is 1.07 bits per heavy atom. The number of anilines is 1. The molecule has 2 heterocycles. The van der Waals surface area contributed by atoms with Gasteiger partial charge in [-0.25, -0.2) is 0 Å². The molecule has 7 nitrogen and oxygen atoms in total. The lowest BCUT2D eigenvalue weighted by atomic mass is 9.89. The number of hydrogen-bond donors (Lipinski definition) is 0. The summed E-state index contributed by atoms with van der Waals surface area (Å²) >= 11 is 0. The summed E-state index contributed by atoms with van der Waals surface area (Å²) < 4.78 is 5.03.